The number of aromatic nitrogens is 1. The van der Waals surface area contributed by atoms with Crippen LogP contribution in [0.3, 0.4) is 0 Å². The summed E-state index contributed by atoms with van der Waals surface area (Å²) in [6, 6.07) is 16.9. The fourth-order valence-corrected chi connectivity index (χ4v) is 2.44. The molecule has 0 radical (unpaired) electrons. The molecule has 0 aliphatic heterocycles. The van der Waals surface area contributed by atoms with E-state index in [1.54, 1.807) is 0 Å². The number of hydrogen-bond donors (Lipinski definition) is 0. The molecule has 1 aliphatic rings. The number of hydrogen-bond acceptors (Lipinski definition) is 0. The molecule has 4 rings (SSSR count). The third kappa shape index (κ3) is 5.75. The molecule has 1 nitrogen and oxygen atoms in total. The summed E-state index contributed by atoms with van der Waals surface area (Å²) < 4.78 is 2.12. The van der Waals surface area contributed by atoms with Crippen LogP contribution in [0.2, 0.25) is 0 Å². The van der Waals surface area contributed by atoms with E-state index in [1.807, 2.05) is 12.1 Å². The van der Waals surface area contributed by atoms with Crippen molar-refractivity contribution >= 4 is 10.8 Å². The quantitative estimate of drug-likeness (QED) is 0.377. The number of benzene rings is 1. The zero-order chi connectivity index (χ0) is 14.7. The summed E-state index contributed by atoms with van der Waals surface area (Å²) in [7, 11) is 0. The summed E-state index contributed by atoms with van der Waals surface area (Å²) in [4.78, 5) is 0. The van der Waals surface area contributed by atoms with Gasteiger partial charge in [0.1, 0.15) is 0 Å². The van der Waals surface area contributed by atoms with Crippen molar-refractivity contribution < 1.29 is 60.2 Å². The average Bonchev–Trinajstić information content (AvgIpc) is 3.21. The van der Waals surface area contributed by atoms with E-state index in [2.05, 4.69) is 79.4 Å². The maximum Gasteiger partial charge on any atom is 4.00 e. The first kappa shape index (κ1) is 23.4. The fourth-order valence-electron chi connectivity index (χ4n) is 2.44. The summed E-state index contributed by atoms with van der Waals surface area (Å²) >= 11 is 0. The van der Waals surface area contributed by atoms with Gasteiger partial charge in [-0.3, -0.25) is 6.08 Å². The van der Waals surface area contributed by atoms with Gasteiger partial charge in [0, 0.05) is 12.4 Å². The van der Waals surface area contributed by atoms with Crippen molar-refractivity contribution in [2.75, 3.05) is 0 Å². The van der Waals surface area contributed by atoms with E-state index in [0.717, 1.165) is 6.42 Å². The summed E-state index contributed by atoms with van der Waals surface area (Å²) in [6.45, 7) is 4.22. The molecule has 0 bridgehead atoms. The van der Waals surface area contributed by atoms with Crippen molar-refractivity contribution in [2.24, 2.45) is 0 Å². The van der Waals surface area contributed by atoms with E-state index < -0.39 is 0 Å². The molecular formula is C20H19Br2NZr. The van der Waals surface area contributed by atoms with Gasteiger partial charge >= 0.3 is 26.2 Å². The SMILES string of the molecule is CC1=[C-]CC=C1C.[Br-].[Br-].[Zr+4].c1ccc2[cH-]c(-n3cccc3)cc2c1. The molecule has 0 fully saturated rings. The maximum absolute atomic E-state index is 3.19. The van der Waals surface area contributed by atoms with Crippen molar-refractivity contribution in [3.05, 3.63) is 84.2 Å². The third-order valence-corrected chi connectivity index (χ3v) is 3.87. The Balaban J connectivity index is 0.000000463. The normalized spacial score (nSPS) is 11.9. The molecule has 0 amide bonds. The minimum atomic E-state index is 0. The van der Waals surface area contributed by atoms with Crippen LogP contribution in [-0.2, 0) is 26.2 Å². The Kier molecular flexibility index (Phi) is 10.9. The van der Waals surface area contributed by atoms with Gasteiger partial charge in [-0.15, -0.1) is 54.4 Å². The predicted molar refractivity (Wildman–Crippen MR) is 89.7 cm³/mol. The second-order valence-corrected chi connectivity index (χ2v) is 5.33. The van der Waals surface area contributed by atoms with Crippen molar-refractivity contribution in [3.8, 4) is 5.69 Å². The largest absolute Gasteiger partial charge is 4.00 e. The van der Waals surface area contributed by atoms with E-state index in [0.29, 0.717) is 0 Å². The zero-order valence-electron chi connectivity index (χ0n) is 13.8. The first-order chi connectivity index (χ1) is 10.2. The van der Waals surface area contributed by atoms with Crippen molar-refractivity contribution in [2.45, 2.75) is 20.3 Å². The van der Waals surface area contributed by atoms with Gasteiger partial charge in [0.05, 0.1) is 0 Å². The second kappa shape index (κ2) is 11.1. The van der Waals surface area contributed by atoms with E-state index in [9.17, 15) is 0 Å². The Morgan fingerprint density at radius 3 is 2.17 bits per heavy atom. The van der Waals surface area contributed by atoms with E-state index in [4.69, 9.17) is 0 Å². The molecule has 0 saturated heterocycles. The standard InChI is InChI=1S/C13H10N.C7H9.2BrH.Zr/c1-2-6-12-10-13(9-11(12)5-1)14-7-3-4-8-14;1-6-4-3-5-7(6)2;;;/h1-10H;4H,3H2,1-2H3;2*1H;/q2*-1;;;+4/p-2. The van der Waals surface area contributed by atoms with Gasteiger partial charge in [-0.1, -0.05) is 13.0 Å². The molecule has 0 atom stereocenters. The Morgan fingerprint density at radius 2 is 1.67 bits per heavy atom. The zero-order valence-corrected chi connectivity index (χ0v) is 19.4. The summed E-state index contributed by atoms with van der Waals surface area (Å²) in [5, 5.41) is 2.60. The smallest absolute Gasteiger partial charge is 1.00 e. The van der Waals surface area contributed by atoms with Crippen LogP contribution in [0.5, 0.6) is 0 Å². The monoisotopic (exact) mass is 521 g/mol. The van der Waals surface area contributed by atoms with Crippen molar-refractivity contribution in [1.82, 2.24) is 4.57 Å². The molecule has 0 unspecified atom stereocenters. The number of fused-ring (bicyclic) bond motifs is 1. The van der Waals surface area contributed by atoms with Crippen LogP contribution in [0, 0.1) is 6.08 Å². The second-order valence-electron chi connectivity index (χ2n) is 5.33. The molecule has 0 saturated carbocycles. The molecule has 24 heavy (non-hydrogen) atoms. The first-order valence-corrected chi connectivity index (χ1v) is 7.27. The minimum Gasteiger partial charge on any atom is -1.00 e. The molecule has 0 N–H and O–H groups in total. The van der Waals surface area contributed by atoms with Gasteiger partial charge in [0.15, 0.2) is 0 Å². The summed E-state index contributed by atoms with van der Waals surface area (Å²) in [5.74, 6) is 0. The average molecular weight is 524 g/mol. The van der Waals surface area contributed by atoms with Crippen LogP contribution in [0.1, 0.15) is 20.3 Å². The van der Waals surface area contributed by atoms with Crippen LogP contribution in [0.25, 0.3) is 16.5 Å². The Morgan fingerprint density at radius 1 is 1.00 bits per heavy atom. The molecule has 4 heteroatoms. The van der Waals surface area contributed by atoms with Gasteiger partial charge < -0.3 is 38.5 Å². The van der Waals surface area contributed by atoms with E-state index in [-0.39, 0.29) is 60.2 Å². The molecule has 1 aromatic heterocycles. The predicted octanol–water partition coefficient (Wildman–Crippen LogP) is -0.559. The molecule has 3 aromatic rings. The number of allylic oxidation sites excluding steroid dienone is 4. The summed E-state index contributed by atoms with van der Waals surface area (Å²) in [5.41, 5.74) is 3.94. The van der Waals surface area contributed by atoms with E-state index in [1.165, 1.54) is 27.6 Å². The number of rotatable bonds is 1. The number of halogens is 2. The molecule has 2 aromatic carbocycles. The molecule has 1 aliphatic carbocycles. The van der Waals surface area contributed by atoms with Gasteiger partial charge in [-0.2, -0.15) is 6.08 Å². The summed E-state index contributed by atoms with van der Waals surface area (Å²) in [6.07, 6.45) is 10.5. The fraction of sp³-hybridized carbons (Fsp3) is 0.150. The maximum atomic E-state index is 3.19. The van der Waals surface area contributed by atoms with Gasteiger partial charge in [-0.05, 0) is 17.8 Å². The Hall–Kier alpha value is -0.567. The Labute approximate surface area is 184 Å². The van der Waals surface area contributed by atoms with Crippen LogP contribution in [0.15, 0.2) is 78.1 Å². The molecular weight excluding hydrogens is 505 g/mol. The topological polar surface area (TPSA) is 4.93 Å². The van der Waals surface area contributed by atoms with Gasteiger partial charge in [0.25, 0.3) is 0 Å². The first-order valence-electron chi connectivity index (χ1n) is 7.27. The van der Waals surface area contributed by atoms with Crippen molar-refractivity contribution in [1.29, 1.82) is 0 Å². The van der Waals surface area contributed by atoms with Crippen LogP contribution in [-0.4, -0.2) is 4.57 Å². The third-order valence-electron chi connectivity index (χ3n) is 3.87. The van der Waals surface area contributed by atoms with Gasteiger partial charge in [-0.25, -0.2) is 11.1 Å². The molecule has 0 spiro atoms. The van der Waals surface area contributed by atoms with Crippen LogP contribution >= 0.6 is 0 Å². The minimum absolute atomic E-state index is 0. The number of nitrogens with zero attached hydrogens (tertiary/aromatic N) is 1. The molecule has 122 valence electrons. The molecule has 1 heterocycles. The van der Waals surface area contributed by atoms with E-state index >= 15 is 0 Å². The van der Waals surface area contributed by atoms with Crippen LogP contribution < -0.4 is 34.0 Å². The van der Waals surface area contributed by atoms with Gasteiger partial charge in [0.2, 0.25) is 0 Å². The van der Waals surface area contributed by atoms with Crippen molar-refractivity contribution in [3.63, 3.8) is 0 Å². The van der Waals surface area contributed by atoms with Crippen LogP contribution in [0.4, 0.5) is 0 Å². The Bertz CT molecular complexity index is 749.